The summed E-state index contributed by atoms with van der Waals surface area (Å²) in [5.74, 6) is -2.38. The normalized spacial score (nSPS) is 12.2. The molecule has 0 spiro atoms. The summed E-state index contributed by atoms with van der Waals surface area (Å²) < 4.78 is 29.8. The first-order valence-corrected chi connectivity index (χ1v) is 4.45. The number of aliphatic carboxylic acids is 1. The quantitative estimate of drug-likeness (QED) is 0.802. The Kier molecular flexibility index (Phi) is 4.19. The molecule has 0 radical (unpaired) electrons. The Morgan fingerprint density at radius 1 is 1.50 bits per heavy atom. The summed E-state index contributed by atoms with van der Waals surface area (Å²) in [5.41, 5.74) is -0.361. The number of rotatable bonds is 5. The molecular weight excluding hydrogens is 222 g/mol. The molecule has 0 fully saturated rings. The minimum absolute atomic E-state index is 0.0801. The number of aliphatic hydroxyl groups excluding tert-OH is 1. The first-order chi connectivity index (χ1) is 7.56. The van der Waals surface area contributed by atoms with Gasteiger partial charge in [-0.05, 0) is 12.1 Å². The third-order valence-corrected chi connectivity index (χ3v) is 1.85. The number of carboxylic acids is 1. The Morgan fingerprint density at radius 2 is 2.19 bits per heavy atom. The maximum absolute atomic E-state index is 13.3. The number of ether oxygens (including phenoxy) is 1. The van der Waals surface area contributed by atoms with E-state index in [2.05, 4.69) is 0 Å². The highest BCUT2D eigenvalue weighted by Crippen LogP contribution is 2.22. The van der Waals surface area contributed by atoms with E-state index in [-0.39, 0.29) is 17.9 Å². The van der Waals surface area contributed by atoms with Gasteiger partial charge in [-0.15, -0.1) is 0 Å². The van der Waals surface area contributed by atoms with E-state index in [9.17, 15) is 13.6 Å². The molecule has 0 aliphatic rings. The fraction of sp³-hybridized carbons (Fsp3) is 0.300. The smallest absolute Gasteiger partial charge is 0.337 e. The van der Waals surface area contributed by atoms with Gasteiger partial charge in [0, 0.05) is 11.6 Å². The molecule has 0 aliphatic heterocycles. The van der Waals surface area contributed by atoms with Crippen molar-refractivity contribution in [1.29, 1.82) is 0 Å². The van der Waals surface area contributed by atoms with Crippen LogP contribution in [0.25, 0.3) is 0 Å². The van der Waals surface area contributed by atoms with Crippen LogP contribution in [0, 0.1) is 5.82 Å². The van der Waals surface area contributed by atoms with Gasteiger partial charge < -0.3 is 14.9 Å². The molecule has 0 amide bonds. The van der Waals surface area contributed by atoms with E-state index < -0.39 is 24.6 Å². The number of hydrogen-bond donors (Lipinski definition) is 2. The van der Waals surface area contributed by atoms with Crippen molar-refractivity contribution in [1.82, 2.24) is 0 Å². The van der Waals surface area contributed by atoms with E-state index in [4.69, 9.17) is 14.9 Å². The van der Waals surface area contributed by atoms with Gasteiger partial charge in [0.1, 0.15) is 24.8 Å². The lowest BCUT2D eigenvalue weighted by molar-refractivity contribution is -0.147. The van der Waals surface area contributed by atoms with E-state index in [1.807, 2.05) is 0 Å². The Morgan fingerprint density at radius 3 is 2.69 bits per heavy atom. The van der Waals surface area contributed by atoms with E-state index in [0.717, 1.165) is 12.1 Å². The molecule has 1 atom stereocenters. The first-order valence-electron chi connectivity index (χ1n) is 4.45. The van der Waals surface area contributed by atoms with Crippen molar-refractivity contribution >= 4 is 5.97 Å². The van der Waals surface area contributed by atoms with E-state index in [1.54, 1.807) is 0 Å². The molecule has 0 heterocycles. The van der Waals surface area contributed by atoms with Gasteiger partial charge in [-0.1, -0.05) is 0 Å². The van der Waals surface area contributed by atoms with Crippen molar-refractivity contribution in [2.45, 2.75) is 6.10 Å². The van der Waals surface area contributed by atoms with E-state index in [0.29, 0.717) is 0 Å². The zero-order valence-corrected chi connectivity index (χ0v) is 8.19. The molecule has 1 aromatic carbocycles. The van der Waals surface area contributed by atoms with Crippen LogP contribution < -0.4 is 4.74 Å². The Hall–Kier alpha value is -1.69. The largest absolute Gasteiger partial charge is 0.491 e. The van der Waals surface area contributed by atoms with Gasteiger partial charge >= 0.3 is 5.97 Å². The number of carbonyl (C=O) groups is 1. The molecule has 1 rings (SSSR count). The second kappa shape index (κ2) is 5.41. The highest BCUT2D eigenvalue weighted by atomic mass is 19.1. The van der Waals surface area contributed by atoms with Crippen LogP contribution in [-0.2, 0) is 4.79 Å². The predicted molar refractivity (Wildman–Crippen MR) is 50.5 cm³/mol. The summed E-state index contributed by atoms with van der Waals surface area (Å²) in [4.78, 5) is 10.4. The van der Waals surface area contributed by atoms with Crippen LogP contribution in [0.5, 0.6) is 5.75 Å². The molecule has 1 unspecified atom stereocenters. The van der Waals surface area contributed by atoms with Crippen LogP contribution >= 0.6 is 0 Å². The summed E-state index contributed by atoms with van der Waals surface area (Å²) in [6.45, 7) is -0.915. The second-order valence-electron chi connectivity index (χ2n) is 2.96. The third kappa shape index (κ3) is 2.90. The molecule has 1 aromatic rings. The molecule has 4 nitrogen and oxygen atoms in total. The van der Waals surface area contributed by atoms with Crippen LogP contribution in [0.15, 0.2) is 18.2 Å². The second-order valence-corrected chi connectivity index (χ2v) is 2.96. The van der Waals surface area contributed by atoms with Crippen LogP contribution in [0.1, 0.15) is 11.7 Å². The molecule has 0 aliphatic carbocycles. The summed E-state index contributed by atoms with van der Waals surface area (Å²) >= 11 is 0. The molecular formula is C10H10F2O4. The maximum atomic E-state index is 13.3. The van der Waals surface area contributed by atoms with Gasteiger partial charge in [-0.25, -0.2) is 13.6 Å². The standard InChI is InChI=1S/C10H10F2O4/c11-3-4-16-6-1-2-7(8(12)5-6)9(13)10(14)15/h1-2,5,9,13H,3-4H2,(H,14,15). The lowest BCUT2D eigenvalue weighted by atomic mass is 10.1. The summed E-state index contributed by atoms with van der Waals surface area (Å²) in [7, 11) is 0. The van der Waals surface area contributed by atoms with Crippen LogP contribution in [0.4, 0.5) is 8.78 Å². The zero-order valence-electron chi connectivity index (χ0n) is 8.19. The van der Waals surface area contributed by atoms with Crippen LogP contribution in [-0.4, -0.2) is 29.5 Å². The van der Waals surface area contributed by atoms with Gasteiger partial charge in [0.2, 0.25) is 0 Å². The van der Waals surface area contributed by atoms with Crippen molar-refractivity contribution in [3.8, 4) is 5.75 Å². The van der Waals surface area contributed by atoms with Gasteiger partial charge in [0.25, 0.3) is 0 Å². The fourth-order valence-corrected chi connectivity index (χ4v) is 1.11. The van der Waals surface area contributed by atoms with Crippen molar-refractivity contribution in [3.63, 3.8) is 0 Å². The number of benzene rings is 1. The van der Waals surface area contributed by atoms with Gasteiger partial charge in [0.05, 0.1) is 0 Å². The molecule has 88 valence electrons. The van der Waals surface area contributed by atoms with Crippen molar-refractivity contribution in [2.24, 2.45) is 0 Å². The topological polar surface area (TPSA) is 66.8 Å². The molecule has 16 heavy (non-hydrogen) atoms. The molecule has 0 bridgehead atoms. The SMILES string of the molecule is O=C(O)C(O)c1ccc(OCCF)cc1F. The monoisotopic (exact) mass is 232 g/mol. The van der Waals surface area contributed by atoms with E-state index in [1.165, 1.54) is 6.07 Å². The number of alkyl halides is 1. The predicted octanol–water partition coefficient (Wildman–Crippen LogP) is 1.29. The average molecular weight is 232 g/mol. The van der Waals surface area contributed by atoms with Gasteiger partial charge in [-0.2, -0.15) is 0 Å². The van der Waals surface area contributed by atoms with Gasteiger partial charge in [0.15, 0.2) is 6.10 Å². The van der Waals surface area contributed by atoms with Crippen molar-refractivity contribution < 1.29 is 28.5 Å². The molecule has 0 saturated heterocycles. The Balaban J connectivity index is 2.87. The van der Waals surface area contributed by atoms with Crippen molar-refractivity contribution in [2.75, 3.05) is 13.3 Å². The summed E-state index contributed by atoms with van der Waals surface area (Å²) in [6, 6.07) is 3.25. The zero-order chi connectivity index (χ0) is 12.1. The molecule has 0 saturated carbocycles. The fourth-order valence-electron chi connectivity index (χ4n) is 1.11. The lowest BCUT2D eigenvalue weighted by Crippen LogP contribution is -2.12. The van der Waals surface area contributed by atoms with Gasteiger partial charge in [-0.3, -0.25) is 0 Å². The summed E-state index contributed by atoms with van der Waals surface area (Å²) in [6.07, 6.45) is -1.92. The van der Waals surface area contributed by atoms with E-state index >= 15 is 0 Å². The Bertz CT molecular complexity index is 381. The molecule has 6 heteroatoms. The van der Waals surface area contributed by atoms with Crippen molar-refractivity contribution in [3.05, 3.63) is 29.6 Å². The molecule has 2 N–H and O–H groups in total. The van der Waals surface area contributed by atoms with Crippen LogP contribution in [0.3, 0.4) is 0 Å². The molecule has 0 aromatic heterocycles. The number of aliphatic hydroxyl groups is 1. The highest BCUT2D eigenvalue weighted by Gasteiger charge is 2.20. The minimum atomic E-state index is -1.92. The summed E-state index contributed by atoms with van der Waals surface area (Å²) in [5, 5.41) is 17.6. The lowest BCUT2D eigenvalue weighted by Gasteiger charge is -2.09. The average Bonchev–Trinajstić information content (AvgIpc) is 2.25. The highest BCUT2D eigenvalue weighted by molar-refractivity contribution is 5.74. The number of hydrogen-bond acceptors (Lipinski definition) is 3. The maximum Gasteiger partial charge on any atom is 0.337 e. The Labute approximate surface area is 90.1 Å². The minimum Gasteiger partial charge on any atom is -0.491 e. The number of halogens is 2. The number of carboxylic acid groups (broad SMARTS) is 1. The van der Waals surface area contributed by atoms with Crippen LogP contribution in [0.2, 0.25) is 0 Å². The third-order valence-electron chi connectivity index (χ3n) is 1.85. The first kappa shape index (κ1) is 12.4.